The van der Waals surface area contributed by atoms with E-state index in [2.05, 4.69) is 4.98 Å². The summed E-state index contributed by atoms with van der Waals surface area (Å²) < 4.78 is 15.7. The van der Waals surface area contributed by atoms with Gasteiger partial charge in [0.1, 0.15) is 22.9 Å². The maximum atomic E-state index is 12.1. The molecule has 0 amide bonds. The minimum atomic E-state index is -0.736. The molecule has 0 radical (unpaired) electrons. The lowest BCUT2D eigenvalue weighted by molar-refractivity contribution is -0.140. The Morgan fingerprint density at radius 2 is 2.00 bits per heavy atom. The third kappa shape index (κ3) is 3.85. The fourth-order valence-corrected chi connectivity index (χ4v) is 2.19. The van der Waals surface area contributed by atoms with Gasteiger partial charge in [-0.2, -0.15) is 5.26 Å². The first-order valence-electron chi connectivity index (χ1n) is 7.47. The predicted molar refractivity (Wildman–Crippen MR) is 90.4 cm³/mol. The number of carbonyl (C=O) groups excluding carboxylic acids is 1. The van der Waals surface area contributed by atoms with Gasteiger partial charge < -0.3 is 13.9 Å². The van der Waals surface area contributed by atoms with E-state index >= 15 is 0 Å². The topological polar surface area (TPSA) is 85.3 Å². The molecule has 6 heteroatoms. The Kier molecular flexibility index (Phi) is 4.77. The maximum absolute atomic E-state index is 12.1. The highest BCUT2D eigenvalue weighted by Crippen LogP contribution is 2.17. The molecule has 0 saturated heterocycles. The third-order valence-corrected chi connectivity index (χ3v) is 3.43. The van der Waals surface area contributed by atoms with Crippen LogP contribution in [-0.4, -0.2) is 18.1 Å². The Balaban J connectivity index is 1.69. The quantitative estimate of drug-likeness (QED) is 0.403. The molecule has 0 aliphatic carbocycles. The number of carbonyl (C=O) groups is 1. The van der Waals surface area contributed by atoms with Gasteiger partial charge in [0.25, 0.3) is 0 Å². The summed E-state index contributed by atoms with van der Waals surface area (Å²) in [5.74, 6) is 0.228. The van der Waals surface area contributed by atoms with Crippen molar-refractivity contribution in [3.63, 3.8) is 0 Å². The van der Waals surface area contributed by atoms with Gasteiger partial charge in [-0.1, -0.05) is 24.3 Å². The molecule has 3 rings (SSSR count). The zero-order valence-corrected chi connectivity index (χ0v) is 13.4. The monoisotopic (exact) mass is 334 g/mol. The number of benzene rings is 2. The van der Waals surface area contributed by atoms with Crippen LogP contribution >= 0.6 is 0 Å². The number of esters is 1. The largest absolute Gasteiger partial charge is 0.497 e. The van der Waals surface area contributed by atoms with Gasteiger partial charge in [-0.15, -0.1) is 0 Å². The van der Waals surface area contributed by atoms with E-state index < -0.39 is 5.97 Å². The fourth-order valence-electron chi connectivity index (χ4n) is 2.19. The molecule has 0 bridgehead atoms. The molecule has 0 fully saturated rings. The van der Waals surface area contributed by atoms with Gasteiger partial charge in [0, 0.05) is 0 Å². The van der Waals surface area contributed by atoms with E-state index in [1.165, 1.54) is 6.08 Å². The first-order chi connectivity index (χ1) is 12.2. The lowest BCUT2D eigenvalue weighted by atomic mass is 10.1. The number of ether oxygens (including phenoxy) is 2. The number of rotatable bonds is 5. The highest BCUT2D eigenvalue weighted by atomic mass is 16.5. The van der Waals surface area contributed by atoms with Crippen LogP contribution in [0.5, 0.6) is 5.75 Å². The van der Waals surface area contributed by atoms with Gasteiger partial charge in [0.15, 0.2) is 12.2 Å². The number of hydrogen-bond acceptors (Lipinski definition) is 6. The van der Waals surface area contributed by atoms with Crippen LogP contribution in [-0.2, 0) is 16.1 Å². The second-order valence-corrected chi connectivity index (χ2v) is 5.09. The van der Waals surface area contributed by atoms with Crippen LogP contribution in [0.4, 0.5) is 0 Å². The van der Waals surface area contributed by atoms with Crippen molar-refractivity contribution in [3.05, 3.63) is 65.6 Å². The minimum Gasteiger partial charge on any atom is -0.497 e. The van der Waals surface area contributed by atoms with E-state index in [-0.39, 0.29) is 18.1 Å². The number of nitrogens with zero attached hydrogens (tertiary/aromatic N) is 2. The molecule has 0 N–H and O–H groups in total. The SMILES string of the molecule is COc1ccc(/C=C(\C#N)C(=O)OCc2nc3ccccc3o2)cc1. The van der Waals surface area contributed by atoms with Crippen molar-refractivity contribution < 1.29 is 18.7 Å². The summed E-state index contributed by atoms with van der Waals surface area (Å²) >= 11 is 0. The second-order valence-electron chi connectivity index (χ2n) is 5.09. The Labute approximate surface area is 143 Å². The van der Waals surface area contributed by atoms with Crippen LogP contribution in [0.25, 0.3) is 17.2 Å². The summed E-state index contributed by atoms with van der Waals surface area (Å²) in [6, 6.07) is 16.1. The van der Waals surface area contributed by atoms with E-state index in [9.17, 15) is 10.1 Å². The van der Waals surface area contributed by atoms with Crippen molar-refractivity contribution in [1.82, 2.24) is 4.98 Å². The third-order valence-electron chi connectivity index (χ3n) is 3.43. The van der Waals surface area contributed by atoms with E-state index in [4.69, 9.17) is 13.9 Å². The maximum Gasteiger partial charge on any atom is 0.349 e. The van der Waals surface area contributed by atoms with Gasteiger partial charge >= 0.3 is 5.97 Å². The Morgan fingerprint density at radius 3 is 2.68 bits per heavy atom. The molecule has 3 aromatic rings. The second kappa shape index (κ2) is 7.32. The number of oxazole rings is 1. The number of aromatic nitrogens is 1. The molecular weight excluding hydrogens is 320 g/mol. The molecule has 0 aliphatic rings. The van der Waals surface area contributed by atoms with Crippen molar-refractivity contribution in [2.75, 3.05) is 7.11 Å². The molecule has 0 aliphatic heterocycles. The lowest BCUT2D eigenvalue weighted by Gasteiger charge is -2.02. The molecule has 6 nitrogen and oxygen atoms in total. The van der Waals surface area contributed by atoms with Crippen molar-refractivity contribution in [2.24, 2.45) is 0 Å². The van der Waals surface area contributed by atoms with Crippen LogP contribution < -0.4 is 4.74 Å². The molecule has 0 spiro atoms. The fraction of sp³-hybridized carbons (Fsp3) is 0.105. The van der Waals surface area contributed by atoms with E-state index in [1.807, 2.05) is 18.2 Å². The lowest BCUT2D eigenvalue weighted by Crippen LogP contribution is -2.07. The number of fused-ring (bicyclic) bond motifs is 1. The van der Waals surface area contributed by atoms with E-state index in [0.717, 1.165) is 0 Å². The average molecular weight is 334 g/mol. The number of para-hydroxylation sites is 2. The molecule has 2 aromatic carbocycles. The first-order valence-corrected chi connectivity index (χ1v) is 7.47. The molecular formula is C19H14N2O4. The van der Waals surface area contributed by atoms with Crippen molar-refractivity contribution in [1.29, 1.82) is 5.26 Å². The number of nitriles is 1. The van der Waals surface area contributed by atoms with Crippen LogP contribution in [0.15, 0.2) is 58.5 Å². The Hall–Kier alpha value is -3.59. The normalized spacial score (nSPS) is 11.1. The van der Waals surface area contributed by atoms with Crippen molar-refractivity contribution in [3.8, 4) is 11.8 Å². The zero-order valence-electron chi connectivity index (χ0n) is 13.4. The minimum absolute atomic E-state index is 0.110. The van der Waals surface area contributed by atoms with Gasteiger partial charge in [-0.05, 0) is 35.9 Å². The summed E-state index contributed by atoms with van der Waals surface area (Å²) in [4.78, 5) is 16.3. The average Bonchev–Trinajstić information content (AvgIpc) is 3.07. The van der Waals surface area contributed by atoms with Crippen LogP contribution in [0.2, 0.25) is 0 Å². The molecule has 124 valence electrons. The van der Waals surface area contributed by atoms with E-state index in [1.54, 1.807) is 43.5 Å². The van der Waals surface area contributed by atoms with Crippen LogP contribution in [0, 0.1) is 11.3 Å². The van der Waals surface area contributed by atoms with Gasteiger partial charge in [0.2, 0.25) is 5.89 Å². The predicted octanol–water partition coefficient (Wildman–Crippen LogP) is 3.49. The van der Waals surface area contributed by atoms with Crippen molar-refractivity contribution in [2.45, 2.75) is 6.61 Å². The van der Waals surface area contributed by atoms with Gasteiger partial charge in [-0.25, -0.2) is 9.78 Å². The molecule has 0 unspecified atom stereocenters. The van der Waals surface area contributed by atoms with Crippen LogP contribution in [0.3, 0.4) is 0 Å². The summed E-state index contributed by atoms with van der Waals surface area (Å²) in [7, 11) is 1.56. The summed E-state index contributed by atoms with van der Waals surface area (Å²) in [5.41, 5.74) is 1.88. The molecule has 1 heterocycles. The van der Waals surface area contributed by atoms with Gasteiger partial charge in [0.05, 0.1) is 7.11 Å². The first kappa shape index (κ1) is 16.3. The van der Waals surface area contributed by atoms with E-state index in [0.29, 0.717) is 22.4 Å². The highest BCUT2D eigenvalue weighted by molar-refractivity contribution is 5.97. The molecule has 0 atom stereocenters. The molecule has 1 aromatic heterocycles. The Bertz CT molecular complexity index is 932. The summed E-state index contributed by atoms with van der Waals surface area (Å²) in [5, 5.41) is 9.19. The van der Waals surface area contributed by atoms with Gasteiger partial charge in [-0.3, -0.25) is 0 Å². The number of methoxy groups -OCH3 is 1. The van der Waals surface area contributed by atoms with Crippen molar-refractivity contribution >= 4 is 23.1 Å². The molecule has 0 saturated carbocycles. The van der Waals surface area contributed by atoms with Crippen LogP contribution in [0.1, 0.15) is 11.5 Å². The standard InChI is InChI=1S/C19H14N2O4/c1-23-15-8-6-13(7-9-15)10-14(11-20)19(22)24-12-18-21-16-4-2-3-5-17(16)25-18/h2-10H,12H2,1H3/b14-10+. The Morgan fingerprint density at radius 1 is 1.24 bits per heavy atom. The summed E-state index contributed by atoms with van der Waals surface area (Å²) in [6.45, 7) is -0.144. The number of hydrogen-bond donors (Lipinski definition) is 0. The molecule has 25 heavy (non-hydrogen) atoms. The summed E-state index contributed by atoms with van der Waals surface area (Å²) in [6.07, 6.45) is 1.45. The smallest absolute Gasteiger partial charge is 0.349 e. The highest BCUT2D eigenvalue weighted by Gasteiger charge is 2.13. The zero-order chi connectivity index (χ0) is 17.6.